The lowest BCUT2D eigenvalue weighted by atomic mass is 10.1. The maximum Gasteiger partial charge on any atom is 0.191 e. The average Bonchev–Trinajstić information content (AvgIpc) is 3.08. The van der Waals surface area contributed by atoms with E-state index in [1.165, 1.54) is 11.1 Å². The van der Waals surface area contributed by atoms with Crippen LogP contribution >= 0.6 is 24.0 Å². The van der Waals surface area contributed by atoms with Crippen LogP contribution in [0.2, 0.25) is 0 Å². The molecule has 0 spiro atoms. The van der Waals surface area contributed by atoms with Gasteiger partial charge in [0, 0.05) is 20.1 Å². The van der Waals surface area contributed by atoms with Crippen molar-refractivity contribution in [1.29, 1.82) is 0 Å². The van der Waals surface area contributed by atoms with Crippen molar-refractivity contribution in [3.8, 4) is 0 Å². The predicted octanol–water partition coefficient (Wildman–Crippen LogP) is 3.21. The molecule has 0 atom stereocenters. The van der Waals surface area contributed by atoms with Crippen molar-refractivity contribution in [3.63, 3.8) is 0 Å². The largest absolute Gasteiger partial charge is 0.467 e. The molecule has 0 saturated heterocycles. The van der Waals surface area contributed by atoms with Gasteiger partial charge in [0.15, 0.2) is 5.96 Å². The number of hydrogen-bond donors (Lipinski definition) is 2. The third kappa shape index (κ3) is 6.92. The highest BCUT2D eigenvalue weighted by atomic mass is 127. The molecule has 0 unspecified atom stereocenters. The highest BCUT2D eigenvalue weighted by Gasteiger charge is 2.02. The lowest BCUT2D eigenvalue weighted by Crippen LogP contribution is -2.36. The van der Waals surface area contributed by atoms with Crippen molar-refractivity contribution in [2.45, 2.75) is 26.6 Å². The summed E-state index contributed by atoms with van der Waals surface area (Å²) in [5.41, 5.74) is 2.57. The van der Waals surface area contributed by atoms with Gasteiger partial charge in [-0.1, -0.05) is 31.2 Å². The summed E-state index contributed by atoms with van der Waals surface area (Å²) in [6, 6.07) is 12.5. The van der Waals surface area contributed by atoms with E-state index in [0.29, 0.717) is 6.54 Å². The fourth-order valence-corrected chi connectivity index (χ4v) is 2.25. The molecule has 5 nitrogen and oxygen atoms in total. The number of hydrogen-bond acceptors (Lipinski definition) is 3. The Morgan fingerprint density at radius 2 is 1.88 bits per heavy atom. The van der Waals surface area contributed by atoms with Crippen LogP contribution in [0.15, 0.2) is 52.1 Å². The molecule has 2 rings (SSSR count). The van der Waals surface area contributed by atoms with Gasteiger partial charge in [-0.05, 0) is 36.9 Å². The first-order valence-electron chi connectivity index (χ1n) is 7.94. The van der Waals surface area contributed by atoms with E-state index < -0.39 is 0 Å². The molecule has 0 aliphatic heterocycles. The van der Waals surface area contributed by atoms with Gasteiger partial charge in [0.2, 0.25) is 0 Å². The minimum Gasteiger partial charge on any atom is -0.467 e. The molecule has 0 fully saturated rings. The molecule has 6 heteroatoms. The molecule has 2 aromatic rings. The van der Waals surface area contributed by atoms with Crippen LogP contribution in [0.4, 0.5) is 0 Å². The third-order valence-electron chi connectivity index (χ3n) is 3.68. The van der Waals surface area contributed by atoms with Crippen LogP contribution in [-0.2, 0) is 19.6 Å². The molecule has 0 amide bonds. The zero-order valence-corrected chi connectivity index (χ0v) is 16.9. The van der Waals surface area contributed by atoms with Crippen LogP contribution < -0.4 is 10.6 Å². The Balaban J connectivity index is 0.00000288. The smallest absolute Gasteiger partial charge is 0.191 e. The molecule has 0 saturated carbocycles. The van der Waals surface area contributed by atoms with Gasteiger partial charge in [0.25, 0.3) is 0 Å². The van der Waals surface area contributed by atoms with Crippen molar-refractivity contribution in [2.75, 3.05) is 20.6 Å². The zero-order valence-electron chi connectivity index (χ0n) is 14.6. The van der Waals surface area contributed by atoms with Crippen LogP contribution in [0, 0.1) is 0 Å². The van der Waals surface area contributed by atoms with E-state index in [9.17, 15) is 0 Å². The second-order valence-corrected chi connectivity index (χ2v) is 5.51. The number of rotatable bonds is 7. The van der Waals surface area contributed by atoms with Gasteiger partial charge in [-0.3, -0.25) is 4.99 Å². The van der Waals surface area contributed by atoms with Gasteiger partial charge in [-0.15, -0.1) is 24.0 Å². The van der Waals surface area contributed by atoms with Crippen molar-refractivity contribution in [2.24, 2.45) is 4.99 Å². The monoisotopic (exact) mass is 442 g/mol. The van der Waals surface area contributed by atoms with Crippen molar-refractivity contribution < 1.29 is 4.42 Å². The van der Waals surface area contributed by atoms with E-state index in [0.717, 1.165) is 31.4 Å². The zero-order chi connectivity index (χ0) is 16.5. The Hall–Kier alpha value is -1.54. The fraction of sp³-hybridized carbons (Fsp3) is 0.389. The Kier molecular flexibility index (Phi) is 9.48. The van der Waals surface area contributed by atoms with E-state index in [1.807, 2.05) is 12.1 Å². The molecule has 0 aliphatic rings. The van der Waals surface area contributed by atoms with Crippen LogP contribution in [0.25, 0.3) is 0 Å². The Labute approximate surface area is 161 Å². The lowest BCUT2D eigenvalue weighted by Gasteiger charge is -2.15. The number of halogens is 1. The molecule has 1 heterocycles. The summed E-state index contributed by atoms with van der Waals surface area (Å²) in [4.78, 5) is 6.52. The summed E-state index contributed by atoms with van der Waals surface area (Å²) in [6.45, 7) is 5.54. The summed E-state index contributed by atoms with van der Waals surface area (Å²) in [5, 5.41) is 6.56. The van der Waals surface area contributed by atoms with Crippen LogP contribution in [-0.4, -0.2) is 31.5 Å². The summed E-state index contributed by atoms with van der Waals surface area (Å²) in [6.07, 6.45) is 1.67. The van der Waals surface area contributed by atoms with E-state index in [-0.39, 0.29) is 24.0 Å². The summed E-state index contributed by atoms with van der Waals surface area (Å²) < 4.78 is 5.30. The summed E-state index contributed by atoms with van der Waals surface area (Å²) in [5.74, 6) is 1.65. The number of furan rings is 1. The van der Waals surface area contributed by atoms with Gasteiger partial charge >= 0.3 is 0 Å². The average molecular weight is 442 g/mol. The fourth-order valence-electron chi connectivity index (χ4n) is 2.25. The van der Waals surface area contributed by atoms with Gasteiger partial charge in [-0.2, -0.15) is 0 Å². The van der Waals surface area contributed by atoms with Crippen LogP contribution in [0.3, 0.4) is 0 Å². The molecule has 132 valence electrons. The van der Waals surface area contributed by atoms with Gasteiger partial charge in [0.1, 0.15) is 5.76 Å². The normalized spacial score (nSPS) is 11.2. The highest BCUT2D eigenvalue weighted by molar-refractivity contribution is 14.0. The molecule has 0 radical (unpaired) electrons. The topological polar surface area (TPSA) is 52.8 Å². The molecule has 24 heavy (non-hydrogen) atoms. The van der Waals surface area contributed by atoms with Gasteiger partial charge in [0.05, 0.1) is 12.8 Å². The second-order valence-electron chi connectivity index (χ2n) is 5.51. The molecule has 1 aromatic heterocycles. The maximum absolute atomic E-state index is 5.30. The van der Waals surface area contributed by atoms with Gasteiger partial charge in [-0.25, -0.2) is 0 Å². The number of guanidine groups is 1. The van der Waals surface area contributed by atoms with Crippen molar-refractivity contribution >= 4 is 29.9 Å². The minimum atomic E-state index is 0. The number of nitrogens with zero attached hydrogens (tertiary/aromatic N) is 2. The standard InChI is InChI=1S/C18H26N4O.HI/c1-4-22(3)14-16-8-5-7-15(11-16)12-20-18(19-2)21-13-17-9-6-10-23-17;/h5-11H,4,12-14H2,1-3H3,(H2,19,20,21);1H. The Bertz CT molecular complexity index is 613. The second kappa shape index (κ2) is 11.1. The first-order valence-corrected chi connectivity index (χ1v) is 7.94. The van der Waals surface area contributed by atoms with E-state index in [4.69, 9.17) is 4.42 Å². The Morgan fingerprint density at radius 3 is 2.54 bits per heavy atom. The Morgan fingerprint density at radius 1 is 1.12 bits per heavy atom. The van der Waals surface area contributed by atoms with Gasteiger partial charge < -0.3 is 20.0 Å². The first kappa shape index (κ1) is 20.5. The molecular weight excluding hydrogens is 415 g/mol. The molecule has 1 aromatic carbocycles. The molecule has 0 aliphatic carbocycles. The lowest BCUT2D eigenvalue weighted by molar-refractivity contribution is 0.345. The number of nitrogens with one attached hydrogen (secondary N) is 2. The minimum absolute atomic E-state index is 0. The SMILES string of the molecule is CCN(C)Cc1cccc(CNC(=NC)NCc2ccco2)c1.I. The molecular formula is C18H27IN4O. The van der Waals surface area contributed by atoms with Crippen LogP contribution in [0.1, 0.15) is 23.8 Å². The van der Waals surface area contributed by atoms with Crippen LogP contribution in [0.5, 0.6) is 0 Å². The van der Waals surface area contributed by atoms with E-state index in [1.54, 1.807) is 13.3 Å². The summed E-state index contributed by atoms with van der Waals surface area (Å²) >= 11 is 0. The molecule has 2 N–H and O–H groups in total. The van der Waals surface area contributed by atoms with E-state index >= 15 is 0 Å². The van der Waals surface area contributed by atoms with E-state index in [2.05, 4.69) is 58.8 Å². The molecule has 0 bridgehead atoms. The highest BCUT2D eigenvalue weighted by Crippen LogP contribution is 2.07. The number of benzene rings is 1. The quantitative estimate of drug-likeness (QED) is 0.393. The number of aliphatic imine (C=N–C) groups is 1. The summed E-state index contributed by atoms with van der Waals surface area (Å²) in [7, 11) is 3.90. The maximum atomic E-state index is 5.30. The third-order valence-corrected chi connectivity index (χ3v) is 3.68. The van der Waals surface area contributed by atoms with Crippen molar-refractivity contribution in [1.82, 2.24) is 15.5 Å². The first-order chi connectivity index (χ1) is 11.2. The predicted molar refractivity (Wildman–Crippen MR) is 110 cm³/mol. The van der Waals surface area contributed by atoms with Crippen molar-refractivity contribution in [3.05, 3.63) is 59.5 Å².